The molecule has 3 rings (SSSR count). The summed E-state index contributed by atoms with van der Waals surface area (Å²) in [6.07, 6.45) is 1.10. The van der Waals surface area contributed by atoms with Crippen LogP contribution in [0.25, 0.3) is 0 Å². The summed E-state index contributed by atoms with van der Waals surface area (Å²) in [6, 6.07) is 16.4. The van der Waals surface area contributed by atoms with Crippen LogP contribution in [0.4, 0.5) is 11.4 Å². The monoisotopic (exact) mass is 452 g/mol. The summed E-state index contributed by atoms with van der Waals surface area (Å²) < 4.78 is 0. The molecule has 0 aliphatic heterocycles. The fourth-order valence-corrected chi connectivity index (χ4v) is 2.68. The third kappa shape index (κ3) is 5.83. The number of carbonyl (C=O) groups excluding carboxylic acids is 3. The molecule has 0 fully saturated rings. The van der Waals surface area contributed by atoms with Gasteiger partial charge >= 0.3 is 11.8 Å². The van der Waals surface area contributed by atoms with Gasteiger partial charge in [-0.05, 0) is 48.5 Å². The van der Waals surface area contributed by atoms with Gasteiger partial charge < -0.3 is 20.8 Å². The molecule has 0 aliphatic rings. The predicted octanol–water partition coefficient (Wildman–Crippen LogP) is 3.09. The van der Waals surface area contributed by atoms with E-state index in [1.54, 1.807) is 36.4 Å². The first-order valence-corrected chi connectivity index (χ1v) is 9.53. The van der Waals surface area contributed by atoms with Gasteiger partial charge in [-0.25, -0.2) is 5.43 Å². The van der Waals surface area contributed by atoms with Crippen molar-refractivity contribution in [2.24, 2.45) is 5.10 Å². The molecule has 9 nitrogen and oxygen atoms in total. The van der Waals surface area contributed by atoms with Crippen LogP contribution < -0.4 is 16.1 Å². The highest BCUT2D eigenvalue weighted by Gasteiger charge is 2.18. The van der Waals surface area contributed by atoms with E-state index in [2.05, 4.69) is 15.7 Å². The summed E-state index contributed by atoms with van der Waals surface area (Å²) in [5, 5.41) is 28.1. The molecule has 5 N–H and O–H groups in total. The summed E-state index contributed by atoms with van der Waals surface area (Å²) >= 11 is 5.83. The maximum atomic E-state index is 12.6. The number of carbonyl (C=O) groups is 3. The molecule has 0 radical (unpaired) electrons. The molecule has 0 bridgehead atoms. The lowest BCUT2D eigenvalue weighted by atomic mass is 10.1. The zero-order valence-corrected chi connectivity index (χ0v) is 17.1. The molecule has 162 valence electrons. The van der Waals surface area contributed by atoms with E-state index in [0.29, 0.717) is 10.7 Å². The van der Waals surface area contributed by atoms with Gasteiger partial charge in [0.05, 0.1) is 17.5 Å². The van der Waals surface area contributed by atoms with Gasteiger partial charge in [-0.2, -0.15) is 5.10 Å². The van der Waals surface area contributed by atoms with Crippen LogP contribution in [-0.2, 0) is 9.59 Å². The Bertz CT molecular complexity index is 1200. The summed E-state index contributed by atoms with van der Waals surface area (Å²) in [7, 11) is 0. The molecule has 0 heterocycles. The van der Waals surface area contributed by atoms with Crippen molar-refractivity contribution in [3.8, 4) is 11.5 Å². The Labute approximate surface area is 187 Å². The van der Waals surface area contributed by atoms with Crippen molar-refractivity contribution >= 4 is 46.9 Å². The Kier molecular flexibility index (Phi) is 7.04. The zero-order chi connectivity index (χ0) is 23.1. The maximum Gasteiger partial charge on any atom is 0.329 e. The molecule has 3 aromatic carbocycles. The number of rotatable bonds is 5. The molecule has 0 aromatic heterocycles. The quantitative estimate of drug-likeness (QED) is 0.230. The van der Waals surface area contributed by atoms with Gasteiger partial charge in [0.15, 0.2) is 0 Å². The second-order valence-corrected chi connectivity index (χ2v) is 6.84. The molecule has 0 saturated carbocycles. The summed E-state index contributed by atoms with van der Waals surface area (Å²) in [5.74, 6) is -3.03. The summed E-state index contributed by atoms with van der Waals surface area (Å²) in [6.45, 7) is 0. The van der Waals surface area contributed by atoms with Crippen molar-refractivity contribution in [3.05, 3.63) is 82.9 Å². The minimum absolute atomic E-state index is 0.124. The molecule has 3 aromatic rings. The van der Waals surface area contributed by atoms with E-state index in [1.165, 1.54) is 24.3 Å². The number of phenolic OH excluding ortho intramolecular Hbond substituents is 2. The van der Waals surface area contributed by atoms with E-state index in [9.17, 15) is 24.6 Å². The first-order chi connectivity index (χ1) is 15.3. The molecular weight excluding hydrogens is 436 g/mol. The molecule has 0 aliphatic carbocycles. The average Bonchev–Trinajstić information content (AvgIpc) is 2.77. The largest absolute Gasteiger partial charge is 0.508 e. The van der Waals surface area contributed by atoms with Crippen molar-refractivity contribution in [2.75, 3.05) is 10.6 Å². The predicted molar refractivity (Wildman–Crippen MR) is 120 cm³/mol. The molecular formula is C22H17ClN4O5. The van der Waals surface area contributed by atoms with Gasteiger partial charge in [-0.15, -0.1) is 0 Å². The number of anilines is 2. The first-order valence-electron chi connectivity index (χ1n) is 9.16. The minimum Gasteiger partial charge on any atom is -0.508 e. The fourth-order valence-electron chi connectivity index (χ4n) is 2.55. The second-order valence-electron chi connectivity index (χ2n) is 6.40. The molecule has 0 unspecified atom stereocenters. The fraction of sp³-hybridized carbons (Fsp3) is 0. The van der Waals surface area contributed by atoms with Crippen LogP contribution in [0.5, 0.6) is 11.5 Å². The minimum atomic E-state index is -1.09. The third-order valence-electron chi connectivity index (χ3n) is 4.11. The molecule has 10 heteroatoms. The number of nitrogens with one attached hydrogen (secondary N) is 3. The molecule has 0 atom stereocenters. The molecule has 32 heavy (non-hydrogen) atoms. The summed E-state index contributed by atoms with van der Waals surface area (Å²) in [4.78, 5) is 36.8. The smallest absolute Gasteiger partial charge is 0.329 e. The number of hydrogen-bond donors (Lipinski definition) is 5. The third-order valence-corrected chi connectivity index (χ3v) is 4.36. The topological polar surface area (TPSA) is 140 Å². The number of phenols is 2. The number of halogens is 1. The Morgan fingerprint density at radius 2 is 1.59 bits per heavy atom. The second kappa shape index (κ2) is 10.1. The standard InChI is InChI=1S/C22H17ClN4O5/c23-14-6-8-15(9-7-14)25-20(30)17-3-1-2-4-18(17)26-21(31)22(32)27-24-12-13-5-10-16(28)11-19(13)29/h1-12,28-29H,(H,25,30)(H,26,31)(H,27,32). The maximum absolute atomic E-state index is 12.6. The number of amides is 3. The van der Waals surface area contributed by atoms with Crippen molar-refractivity contribution in [1.29, 1.82) is 0 Å². The highest BCUT2D eigenvalue weighted by Crippen LogP contribution is 2.21. The highest BCUT2D eigenvalue weighted by atomic mass is 35.5. The van der Waals surface area contributed by atoms with Gasteiger partial charge in [0.2, 0.25) is 0 Å². The number of para-hydroxylation sites is 1. The lowest BCUT2D eigenvalue weighted by Crippen LogP contribution is -2.33. The van der Waals surface area contributed by atoms with Gasteiger partial charge in [-0.3, -0.25) is 14.4 Å². The number of aromatic hydroxyl groups is 2. The Hall–Kier alpha value is -4.37. The van der Waals surface area contributed by atoms with Gasteiger partial charge in [-0.1, -0.05) is 23.7 Å². The van der Waals surface area contributed by atoms with Crippen LogP contribution in [0.2, 0.25) is 5.02 Å². The van der Waals surface area contributed by atoms with Crippen LogP contribution in [-0.4, -0.2) is 34.1 Å². The van der Waals surface area contributed by atoms with E-state index in [1.807, 2.05) is 5.43 Å². The Morgan fingerprint density at radius 1 is 0.875 bits per heavy atom. The number of nitrogens with zero attached hydrogens (tertiary/aromatic N) is 1. The van der Waals surface area contributed by atoms with Crippen LogP contribution in [0.15, 0.2) is 71.8 Å². The van der Waals surface area contributed by atoms with E-state index >= 15 is 0 Å². The lowest BCUT2D eigenvalue weighted by Gasteiger charge is -2.11. The van der Waals surface area contributed by atoms with Gasteiger partial charge in [0.25, 0.3) is 5.91 Å². The van der Waals surface area contributed by atoms with Crippen molar-refractivity contribution in [1.82, 2.24) is 5.43 Å². The van der Waals surface area contributed by atoms with Crippen molar-refractivity contribution < 1.29 is 24.6 Å². The average molecular weight is 453 g/mol. The van der Waals surface area contributed by atoms with Gasteiger partial charge in [0.1, 0.15) is 11.5 Å². The first kappa shape index (κ1) is 22.3. The van der Waals surface area contributed by atoms with E-state index < -0.39 is 17.7 Å². The van der Waals surface area contributed by atoms with Crippen LogP contribution in [0.1, 0.15) is 15.9 Å². The Morgan fingerprint density at radius 3 is 2.31 bits per heavy atom. The number of hydrogen-bond acceptors (Lipinski definition) is 6. The number of benzene rings is 3. The van der Waals surface area contributed by atoms with E-state index in [4.69, 9.17) is 11.6 Å². The van der Waals surface area contributed by atoms with Crippen LogP contribution in [0.3, 0.4) is 0 Å². The molecule has 0 spiro atoms. The highest BCUT2D eigenvalue weighted by molar-refractivity contribution is 6.40. The SMILES string of the molecule is O=C(NN=Cc1ccc(O)cc1O)C(=O)Nc1ccccc1C(=O)Nc1ccc(Cl)cc1. The lowest BCUT2D eigenvalue weighted by molar-refractivity contribution is -0.136. The summed E-state index contributed by atoms with van der Waals surface area (Å²) in [5.41, 5.74) is 3.00. The van der Waals surface area contributed by atoms with Crippen LogP contribution in [0, 0.1) is 0 Å². The van der Waals surface area contributed by atoms with Crippen molar-refractivity contribution in [2.45, 2.75) is 0 Å². The van der Waals surface area contributed by atoms with E-state index in [0.717, 1.165) is 12.3 Å². The van der Waals surface area contributed by atoms with Gasteiger partial charge in [0, 0.05) is 22.3 Å². The Balaban J connectivity index is 1.64. The normalized spacial score (nSPS) is 10.5. The molecule has 0 saturated heterocycles. The van der Waals surface area contributed by atoms with Crippen LogP contribution >= 0.6 is 11.6 Å². The van der Waals surface area contributed by atoms with E-state index in [-0.39, 0.29) is 28.3 Å². The zero-order valence-electron chi connectivity index (χ0n) is 16.4. The molecule has 3 amide bonds. The number of hydrazone groups is 1. The van der Waals surface area contributed by atoms with Crippen molar-refractivity contribution in [3.63, 3.8) is 0 Å².